The molecule has 0 unspecified atom stereocenters. The van der Waals surface area contributed by atoms with Gasteiger partial charge in [-0.05, 0) is 34.5 Å². The number of halogens is 1. The first-order chi connectivity index (χ1) is 7.20. The van der Waals surface area contributed by atoms with E-state index in [1.165, 1.54) is 0 Å². The van der Waals surface area contributed by atoms with Crippen molar-refractivity contribution >= 4 is 21.8 Å². The largest absolute Gasteiger partial charge is 0.496 e. The number of benzene rings is 1. The molecule has 0 radical (unpaired) electrons. The fourth-order valence-electron chi connectivity index (χ4n) is 1.22. The van der Waals surface area contributed by atoms with Gasteiger partial charge in [0.15, 0.2) is 0 Å². The Balaban J connectivity index is 2.95. The first-order valence-electron chi connectivity index (χ1n) is 4.81. The minimum absolute atomic E-state index is 0.110. The van der Waals surface area contributed by atoms with Crippen molar-refractivity contribution in [3.05, 3.63) is 28.2 Å². The molecule has 1 rings (SSSR count). The molecule has 0 saturated heterocycles. The Morgan fingerprint density at radius 2 is 2.27 bits per heavy atom. The highest BCUT2D eigenvalue weighted by Crippen LogP contribution is 2.26. The zero-order chi connectivity index (χ0) is 11.3. The number of ether oxygens (including phenoxy) is 1. The molecule has 0 spiro atoms. The molecule has 0 aliphatic rings. The normalized spacial score (nSPS) is 9.80. The molecule has 0 aliphatic carbocycles. The van der Waals surface area contributed by atoms with Gasteiger partial charge in [0.25, 0.3) is 5.91 Å². The molecule has 1 aromatic carbocycles. The molecule has 82 valence electrons. The summed E-state index contributed by atoms with van der Waals surface area (Å²) in [5.74, 6) is 0.471. The standard InChI is InChI=1S/C11H14BrNO2/c1-3-7-13-11(14)10-8(12)5-4-6-9(10)15-2/h4-6H,3,7H2,1-2H3,(H,13,14). The van der Waals surface area contributed by atoms with Gasteiger partial charge in [-0.25, -0.2) is 0 Å². The number of nitrogens with one attached hydrogen (secondary N) is 1. The summed E-state index contributed by atoms with van der Waals surface area (Å²) in [5, 5.41) is 2.82. The molecule has 0 aromatic heterocycles. The van der Waals surface area contributed by atoms with Crippen LogP contribution >= 0.6 is 15.9 Å². The minimum Gasteiger partial charge on any atom is -0.496 e. The fraction of sp³-hybridized carbons (Fsp3) is 0.364. The molecule has 0 heterocycles. The van der Waals surface area contributed by atoms with E-state index in [1.807, 2.05) is 19.1 Å². The zero-order valence-electron chi connectivity index (χ0n) is 8.84. The highest BCUT2D eigenvalue weighted by molar-refractivity contribution is 9.10. The predicted octanol–water partition coefficient (Wildman–Crippen LogP) is 2.60. The third kappa shape index (κ3) is 2.96. The van der Waals surface area contributed by atoms with Crippen molar-refractivity contribution in [2.75, 3.05) is 13.7 Å². The molecule has 0 bridgehead atoms. The Morgan fingerprint density at radius 1 is 1.53 bits per heavy atom. The molecule has 3 nitrogen and oxygen atoms in total. The highest BCUT2D eigenvalue weighted by atomic mass is 79.9. The van der Waals surface area contributed by atoms with Crippen LogP contribution in [0.1, 0.15) is 23.7 Å². The second-order valence-corrected chi connectivity index (χ2v) is 3.93. The summed E-state index contributed by atoms with van der Waals surface area (Å²) in [5.41, 5.74) is 0.549. The third-order valence-electron chi connectivity index (χ3n) is 1.96. The Labute approximate surface area is 97.9 Å². The first-order valence-corrected chi connectivity index (χ1v) is 5.60. The molecule has 1 N–H and O–H groups in total. The second kappa shape index (κ2) is 5.75. The molecular formula is C11H14BrNO2. The van der Waals surface area contributed by atoms with Gasteiger partial charge in [-0.1, -0.05) is 13.0 Å². The average Bonchev–Trinajstić information content (AvgIpc) is 2.25. The van der Waals surface area contributed by atoms with E-state index < -0.39 is 0 Å². The second-order valence-electron chi connectivity index (χ2n) is 3.07. The summed E-state index contributed by atoms with van der Waals surface area (Å²) in [6.07, 6.45) is 0.915. The van der Waals surface area contributed by atoms with Gasteiger partial charge < -0.3 is 10.1 Å². The van der Waals surface area contributed by atoms with E-state index >= 15 is 0 Å². The van der Waals surface area contributed by atoms with Gasteiger partial charge in [0, 0.05) is 11.0 Å². The summed E-state index contributed by atoms with van der Waals surface area (Å²) in [6, 6.07) is 5.43. The van der Waals surface area contributed by atoms with Gasteiger partial charge >= 0.3 is 0 Å². The maximum atomic E-state index is 11.8. The lowest BCUT2D eigenvalue weighted by atomic mass is 10.2. The van der Waals surface area contributed by atoms with Crippen molar-refractivity contribution in [2.45, 2.75) is 13.3 Å². The quantitative estimate of drug-likeness (QED) is 0.914. The lowest BCUT2D eigenvalue weighted by Gasteiger charge is -2.10. The highest BCUT2D eigenvalue weighted by Gasteiger charge is 2.14. The van der Waals surface area contributed by atoms with Crippen molar-refractivity contribution in [3.8, 4) is 5.75 Å². The van der Waals surface area contributed by atoms with Crippen LogP contribution in [0.4, 0.5) is 0 Å². The van der Waals surface area contributed by atoms with E-state index in [2.05, 4.69) is 21.2 Å². The Bertz CT molecular complexity index is 352. The zero-order valence-corrected chi connectivity index (χ0v) is 10.4. The maximum Gasteiger partial charge on any atom is 0.256 e. The van der Waals surface area contributed by atoms with E-state index in [-0.39, 0.29) is 5.91 Å². The van der Waals surface area contributed by atoms with Crippen LogP contribution < -0.4 is 10.1 Å². The molecule has 0 fully saturated rings. The lowest BCUT2D eigenvalue weighted by Crippen LogP contribution is -2.24. The molecule has 4 heteroatoms. The van der Waals surface area contributed by atoms with Crippen molar-refractivity contribution in [3.63, 3.8) is 0 Å². The van der Waals surface area contributed by atoms with Crippen molar-refractivity contribution in [1.29, 1.82) is 0 Å². The molecule has 1 aromatic rings. The number of carbonyl (C=O) groups excluding carboxylic acids is 1. The topological polar surface area (TPSA) is 38.3 Å². The maximum absolute atomic E-state index is 11.8. The first kappa shape index (κ1) is 12.0. The van der Waals surface area contributed by atoms with E-state index in [9.17, 15) is 4.79 Å². The predicted molar refractivity (Wildman–Crippen MR) is 63.3 cm³/mol. The Kier molecular flexibility index (Phi) is 4.62. The van der Waals surface area contributed by atoms with E-state index in [0.717, 1.165) is 10.9 Å². The summed E-state index contributed by atoms with van der Waals surface area (Å²) >= 11 is 3.34. The van der Waals surface area contributed by atoms with Gasteiger partial charge in [-0.15, -0.1) is 0 Å². The van der Waals surface area contributed by atoms with E-state index in [1.54, 1.807) is 13.2 Å². The molecule has 0 aliphatic heterocycles. The van der Waals surface area contributed by atoms with Crippen LogP contribution in [-0.2, 0) is 0 Å². The van der Waals surface area contributed by atoms with Gasteiger partial charge in [-0.3, -0.25) is 4.79 Å². The number of methoxy groups -OCH3 is 1. The molecule has 15 heavy (non-hydrogen) atoms. The smallest absolute Gasteiger partial charge is 0.256 e. The summed E-state index contributed by atoms with van der Waals surface area (Å²) < 4.78 is 5.88. The van der Waals surface area contributed by atoms with Crippen LogP contribution in [0.25, 0.3) is 0 Å². The lowest BCUT2D eigenvalue weighted by molar-refractivity contribution is 0.0950. The van der Waals surface area contributed by atoms with Gasteiger partial charge in [0.05, 0.1) is 12.7 Å². The SMILES string of the molecule is CCCNC(=O)c1c(Br)cccc1OC. The van der Waals surface area contributed by atoms with Crippen LogP contribution in [0.2, 0.25) is 0 Å². The number of amides is 1. The van der Waals surface area contributed by atoms with Crippen molar-refractivity contribution < 1.29 is 9.53 Å². The van der Waals surface area contributed by atoms with Crippen LogP contribution in [-0.4, -0.2) is 19.6 Å². The fourth-order valence-corrected chi connectivity index (χ4v) is 1.75. The number of carbonyl (C=O) groups is 1. The van der Waals surface area contributed by atoms with Crippen LogP contribution in [0.5, 0.6) is 5.75 Å². The number of hydrogen-bond acceptors (Lipinski definition) is 2. The van der Waals surface area contributed by atoms with E-state index in [0.29, 0.717) is 17.9 Å². The summed E-state index contributed by atoms with van der Waals surface area (Å²) in [7, 11) is 1.55. The van der Waals surface area contributed by atoms with E-state index in [4.69, 9.17) is 4.74 Å². The number of hydrogen-bond donors (Lipinski definition) is 1. The van der Waals surface area contributed by atoms with Crippen molar-refractivity contribution in [1.82, 2.24) is 5.32 Å². The monoisotopic (exact) mass is 271 g/mol. The van der Waals surface area contributed by atoms with Crippen LogP contribution in [0, 0.1) is 0 Å². The third-order valence-corrected chi connectivity index (χ3v) is 2.62. The summed E-state index contributed by atoms with van der Waals surface area (Å²) in [4.78, 5) is 11.8. The number of rotatable bonds is 4. The molecular weight excluding hydrogens is 258 g/mol. The molecule has 0 saturated carbocycles. The van der Waals surface area contributed by atoms with Crippen LogP contribution in [0.3, 0.4) is 0 Å². The van der Waals surface area contributed by atoms with Crippen LogP contribution in [0.15, 0.2) is 22.7 Å². The van der Waals surface area contributed by atoms with Crippen molar-refractivity contribution in [2.24, 2.45) is 0 Å². The summed E-state index contributed by atoms with van der Waals surface area (Å²) in [6.45, 7) is 2.68. The van der Waals surface area contributed by atoms with Gasteiger partial charge in [0.2, 0.25) is 0 Å². The van der Waals surface area contributed by atoms with Gasteiger partial charge in [-0.2, -0.15) is 0 Å². The van der Waals surface area contributed by atoms with Gasteiger partial charge in [0.1, 0.15) is 5.75 Å². The Hall–Kier alpha value is -1.03. The molecule has 0 atom stereocenters. The Morgan fingerprint density at radius 3 is 2.87 bits per heavy atom. The minimum atomic E-state index is -0.110. The average molecular weight is 272 g/mol. The molecule has 1 amide bonds.